The lowest BCUT2D eigenvalue weighted by atomic mass is 9.93. The fourth-order valence-corrected chi connectivity index (χ4v) is 1.99. The average Bonchev–Trinajstić information content (AvgIpc) is 2.62. The fraction of sp³-hybridized carbons (Fsp3) is 0.700. The second kappa shape index (κ2) is 3.92. The molecule has 3 nitrogen and oxygen atoms in total. The monoisotopic (exact) mass is 179 g/mol. The second-order valence-corrected chi connectivity index (χ2v) is 3.70. The summed E-state index contributed by atoms with van der Waals surface area (Å²) in [5.74, 6) is 0. The first-order chi connectivity index (χ1) is 6.42. The Kier molecular flexibility index (Phi) is 2.64. The van der Waals surface area contributed by atoms with Gasteiger partial charge < -0.3 is 5.32 Å². The van der Waals surface area contributed by atoms with Crippen LogP contribution in [0.1, 0.15) is 43.5 Å². The first-order valence-corrected chi connectivity index (χ1v) is 5.17. The minimum absolute atomic E-state index is 0.544. The molecule has 13 heavy (non-hydrogen) atoms. The third-order valence-electron chi connectivity index (χ3n) is 2.69. The fourth-order valence-electron chi connectivity index (χ4n) is 1.99. The van der Waals surface area contributed by atoms with Crippen LogP contribution in [0.5, 0.6) is 0 Å². The highest BCUT2D eigenvalue weighted by atomic mass is 15.1. The largest absolute Gasteiger partial charge is 0.310 e. The zero-order chi connectivity index (χ0) is 9.10. The van der Waals surface area contributed by atoms with Crippen LogP contribution in [0.25, 0.3) is 0 Å². The Morgan fingerprint density at radius 1 is 1.69 bits per heavy atom. The van der Waals surface area contributed by atoms with Crippen molar-refractivity contribution in [1.82, 2.24) is 15.5 Å². The molecule has 0 radical (unpaired) electrons. The average molecular weight is 179 g/mol. The van der Waals surface area contributed by atoms with Gasteiger partial charge in [0.25, 0.3) is 0 Å². The van der Waals surface area contributed by atoms with Gasteiger partial charge in [0.1, 0.15) is 0 Å². The molecule has 1 heterocycles. The molecule has 2 rings (SSSR count). The van der Waals surface area contributed by atoms with Crippen molar-refractivity contribution in [3.8, 4) is 0 Å². The predicted molar refractivity (Wildman–Crippen MR) is 52.6 cm³/mol. The van der Waals surface area contributed by atoms with E-state index in [0.717, 1.165) is 6.54 Å². The number of fused-ring (bicyclic) bond motifs is 1. The maximum atomic E-state index is 4.10. The lowest BCUT2D eigenvalue weighted by Gasteiger charge is -2.22. The summed E-state index contributed by atoms with van der Waals surface area (Å²) in [4.78, 5) is 0. The van der Waals surface area contributed by atoms with Gasteiger partial charge in [-0.2, -0.15) is 5.10 Å². The molecular formula is C10H17N3. The lowest BCUT2D eigenvalue weighted by molar-refractivity contribution is 0.459. The number of hydrogen-bond donors (Lipinski definition) is 2. The highest BCUT2D eigenvalue weighted by Crippen LogP contribution is 2.27. The van der Waals surface area contributed by atoms with Gasteiger partial charge in [-0.25, -0.2) is 0 Å². The van der Waals surface area contributed by atoms with Crippen molar-refractivity contribution in [3.63, 3.8) is 0 Å². The standard InChI is InChI=1S/C10H17N3/c1-2-6-11-9-4-3-5-10-8(9)7-12-13-10/h7,9,11H,2-6H2,1H3,(H,12,13). The molecule has 0 amide bonds. The van der Waals surface area contributed by atoms with E-state index in [-0.39, 0.29) is 0 Å². The molecular weight excluding hydrogens is 162 g/mol. The van der Waals surface area contributed by atoms with Gasteiger partial charge in [0, 0.05) is 17.3 Å². The second-order valence-electron chi connectivity index (χ2n) is 3.70. The van der Waals surface area contributed by atoms with Gasteiger partial charge in [-0.1, -0.05) is 6.92 Å². The van der Waals surface area contributed by atoms with E-state index in [9.17, 15) is 0 Å². The van der Waals surface area contributed by atoms with Crippen LogP contribution in [0.2, 0.25) is 0 Å². The SMILES string of the molecule is CCCNC1CCCc2[nH]ncc21. The van der Waals surface area contributed by atoms with Crippen LogP contribution in [0.15, 0.2) is 6.20 Å². The van der Waals surface area contributed by atoms with E-state index in [1.165, 1.54) is 36.9 Å². The lowest BCUT2D eigenvalue weighted by Crippen LogP contribution is -2.25. The number of aromatic amines is 1. The third kappa shape index (κ3) is 1.75. The van der Waals surface area contributed by atoms with Crippen LogP contribution in [0, 0.1) is 0 Å². The van der Waals surface area contributed by atoms with Gasteiger partial charge in [0.15, 0.2) is 0 Å². The van der Waals surface area contributed by atoms with Crippen molar-refractivity contribution >= 4 is 0 Å². The minimum Gasteiger partial charge on any atom is -0.310 e. The summed E-state index contributed by atoms with van der Waals surface area (Å²) in [5.41, 5.74) is 2.72. The molecule has 1 aromatic rings. The Morgan fingerprint density at radius 3 is 3.46 bits per heavy atom. The van der Waals surface area contributed by atoms with E-state index >= 15 is 0 Å². The normalized spacial score (nSPS) is 21.5. The van der Waals surface area contributed by atoms with Crippen molar-refractivity contribution in [2.24, 2.45) is 0 Å². The summed E-state index contributed by atoms with van der Waals surface area (Å²) in [5, 5.41) is 10.7. The summed E-state index contributed by atoms with van der Waals surface area (Å²) >= 11 is 0. The van der Waals surface area contributed by atoms with Crippen molar-refractivity contribution in [3.05, 3.63) is 17.5 Å². The molecule has 0 aliphatic heterocycles. The Bertz CT molecular complexity index is 267. The smallest absolute Gasteiger partial charge is 0.0538 e. The van der Waals surface area contributed by atoms with Gasteiger partial charge in [0.2, 0.25) is 0 Å². The molecule has 1 aromatic heterocycles. The van der Waals surface area contributed by atoms with Gasteiger partial charge in [-0.05, 0) is 32.2 Å². The number of nitrogens with zero attached hydrogens (tertiary/aromatic N) is 1. The molecule has 0 bridgehead atoms. The Balaban J connectivity index is 2.07. The number of hydrogen-bond acceptors (Lipinski definition) is 2. The highest BCUT2D eigenvalue weighted by molar-refractivity contribution is 5.23. The Hall–Kier alpha value is -0.830. The topological polar surface area (TPSA) is 40.7 Å². The third-order valence-corrected chi connectivity index (χ3v) is 2.69. The summed E-state index contributed by atoms with van der Waals surface area (Å²) in [7, 11) is 0. The summed E-state index contributed by atoms with van der Waals surface area (Å²) in [6.07, 6.45) is 6.87. The first-order valence-electron chi connectivity index (χ1n) is 5.17. The number of nitrogens with one attached hydrogen (secondary N) is 2. The molecule has 0 saturated carbocycles. The van der Waals surface area contributed by atoms with Gasteiger partial charge in [-0.15, -0.1) is 0 Å². The van der Waals surface area contributed by atoms with Crippen LogP contribution in [-0.2, 0) is 6.42 Å². The van der Waals surface area contributed by atoms with E-state index in [1.807, 2.05) is 6.20 Å². The first kappa shape index (κ1) is 8.75. The van der Waals surface area contributed by atoms with E-state index in [2.05, 4.69) is 22.4 Å². The van der Waals surface area contributed by atoms with Crippen molar-refractivity contribution in [1.29, 1.82) is 0 Å². The number of aromatic nitrogens is 2. The predicted octanol–water partition coefficient (Wildman–Crippen LogP) is 1.79. The van der Waals surface area contributed by atoms with E-state index < -0.39 is 0 Å². The zero-order valence-corrected chi connectivity index (χ0v) is 8.14. The molecule has 0 fully saturated rings. The molecule has 1 unspecified atom stereocenters. The molecule has 1 aliphatic rings. The van der Waals surface area contributed by atoms with E-state index in [4.69, 9.17) is 0 Å². The molecule has 72 valence electrons. The quantitative estimate of drug-likeness (QED) is 0.742. The molecule has 0 spiro atoms. The maximum Gasteiger partial charge on any atom is 0.0538 e. The number of H-pyrrole nitrogens is 1. The summed E-state index contributed by atoms with van der Waals surface area (Å²) < 4.78 is 0. The van der Waals surface area contributed by atoms with Gasteiger partial charge >= 0.3 is 0 Å². The minimum atomic E-state index is 0.544. The molecule has 1 aliphatic carbocycles. The molecule has 0 saturated heterocycles. The van der Waals surface area contributed by atoms with Crippen molar-refractivity contribution in [2.75, 3.05) is 6.54 Å². The van der Waals surface area contributed by atoms with Crippen molar-refractivity contribution in [2.45, 2.75) is 38.6 Å². The molecule has 1 atom stereocenters. The Labute approximate surface area is 78.9 Å². The van der Waals surface area contributed by atoms with Crippen LogP contribution < -0.4 is 5.32 Å². The van der Waals surface area contributed by atoms with E-state index in [1.54, 1.807) is 0 Å². The van der Waals surface area contributed by atoms with Crippen molar-refractivity contribution < 1.29 is 0 Å². The van der Waals surface area contributed by atoms with Gasteiger partial charge in [-0.3, -0.25) is 5.10 Å². The van der Waals surface area contributed by atoms with Gasteiger partial charge in [0.05, 0.1) is 6.20 Å². The summed E-state index contributed by atoms with van der Waals surface area (Å²) in [6, 6.07) is 0.544. The number of rotatable bonds is 3. The van der Waals surface area contributed by atoms with Crippen LogP contribution >= 0.6 is 0 Å². The number of aryl methyl sites for hydroxylation is 1. The maximum absolute atomic E-state index is 4.10. The van der Waals surface area contributed by atoms with Crippen LogP contribution in [0.3, 0.4) is 0 Å². The van der Waals surface area contributed by atoms with E-state index in [0.29, 0.717) is 6.04 Å². The Morgan fingerprint density at radius 2 is 2.62 bits per heavy atom. The summed E-state index contributed by atoms with van der Waals surface area (Å²) in [6.45, 7) is 3.31. The molecule has 3 heteroatoms. The zero-order valence-electron chi connectivity index (χ0n) is 8.14. The van der Waals surface area contributed by atoms with Crippen LogP contribution in [-0.4, -0.2) is 16.7 Å². The highest BCUT2D eigenvalue weighted by Gasteiger charge is 2.20. The molecule has 0 aromatic carbocycles. The van der Waals surface area contributed by atoms with Crippen LogP contribution in [0.4, 0.5) is 0 Å². The molecule has 2 N–H and O–H groups in total.